The number of rotatable bonds is 1. The topological polar surface area (TPSA) is 26.0 Å². The molecule has 1 heteroatoms. The first-order valence-electron chi connectivity index (χ1n) is 6.15. The van der Waals surface area contributed by atoms with Crippen LogP contribution in [0.2, 0.25) is 0 Å². The minimum absolute atomic E-state index is 0.00934. The van der Waals surface area contributed by atoms with Crippen molar-refractivity contribution in [2.75, 3.05) is 0 Å². The van der Waals surface area contributed by atoms with Gasteiger partial charge in [-0.2, -0.15) is 0 Å². The Morgan fingerprint density at radius 2 is 1.50 bits per heavy atom. The van der Waals surface area contributed by atoms with Gasteiger partial charge in [0, 0.05) is 5.54 Å². The second-order valence-corrected chi connectivity index (χ2v) is 6.39. The Morgan fingerprint density at radius 3 is 1.81 bits per heavy atom. The van der Waals surface area contributed by atoms with Gasteiger partial charge in [-0.1, -0.05) is 32.9 Å². The summed E-state index contributed by atoms with van der Waals surface area (Å²) in [6, 6.07) is 4.63. The summed E-state index contributed by atoms with van der Waals surface area (Å²) in [6.45, 7) is 11.2. The van der Waals surface area contributed by atoms with Crippen LogP contribution >= 0.6 is 0 Å². The Bertz CT molecular complexity index is 397. The third kappa shape index (κ3) is 1.89. The van der Waals surface area contributed by atoms with Crippen LogP contribution in [0.4, 0.5) is 0 Å². The minimum atomic E-state index is -0.00934. The van der Waals surface area contributed by atoms with Crippen LogP contribution in [-0.4, -0.2) is 0 Å². The van der Waals surface area contributed by atoms with Crippen molar-refractivity contribution in [2.24, 2.45) is 5.73 Å². The highest BCUT2D eigenvalue weighted by molar-refractivity contribution is 5.46. The number of hydrogen-bond acceptors (Lipinski definition) is 1. The highest BCUT2D eigenvalue weighted by Gasteiger charge is 2.42. The fourth-order valence-corrected chi connectivity index (χ4v) is 2.57. The van der Waals surface area contributed by atoms with Crippen molar-refractivity contribution in [1.29, 1.82) is 0 Å². The largest absolute Gasteiger partial charge is 0.321 e. The summed E-state index contributed by atoms with van der Waals surface area (Å²) in [6.07, 6.45) is 2.28. The molecular weight excluding hydrogens is 194 g/mol. The van der Waals surface area contributed by atoms with Crippen molar-refractivity contribution in [2.45, 2.75) is 58.4 Å². The lowest BCUT2D eigenvalue weighted by Gasteiger charge is -2.24. The summed E-state index contributed by atoms with van der Waals surface area (Å²) in [5.41, 5.74) is 12.1. The number of nitrogens with two attached hydrogens (primary N) is 1. The summed E-state index contributed by atoms with van der Waals surface area (Å²) in [7, 11) is 0. The van der Waals surface area contributed by atoms with Gasteiger partial charge in [-0.05, 0) is 54.4 Å². The molecule has 0 spiro atoms. The normalized spacial score (nSPS) is 18.6. The molecular formula is C15H23N. The van der Waals surface area contributed by atoms with E-state index in [0.29, 0.717) is 0 Å². The Hall–Kier alpha value is -0.820. The van der Waals surface area contributed by atoms with Crippen molar-refractivity contribution in [3.05, 3.63) is 34.4 Å². The molecule has 1 saturated carbocycles. The van der Waals surface area contributed by atoms with E-state index in [9.17, 15) is 0 Å². The van der Waals surface area contributed by atoms with Gasteiger partial charge in [0.1, 0.15) is 0 Å². The molecule has 0 radical (unpaired) electrons. The highest BCUT2D eigenvalue weighted by atomic mass is 14.8. The van der Waals surface area contributed by atoms with Crippen molar-refractivity contribution in [1.82, 2.24) is 0 Å². The van der Waals surface area contributed by atoms with E-state index >= 15 is 0 Å². The van der Waals surface area contributed by atoms with E-state index in [4.69, 9.17) is 5.73 Å². The van der Waals surface area contributed by atoms with Crippen molar-refractivity contribution >= 4 is 0 Å². The molecule has 0 aliphatic heterocycles. The molecule has 2 N–H and O–H groups in total. The zero-order valence-electron chi connectivity index (χ0n) is 11.1. The Balaban J connectivity index is 2.52. The van der Waals surface area contributed by atoms with Crippen LogP contribution in [0.5, 0.6) is 0 Å². The predicted molar refractivity (Wildman–Crippen MR) is 69.7 cm³/mol. The Labute approximate surface area is 99.0 Å². The molecule has 0 aromatic heterocycles. The van der Waals surface area contributed by atoms with Gasteiger partial charge in [-0.15, -0.1) is 0 Å². The molecule has 0 saturated heterocycles. The molecule has 0 unspecified atom stereocenters. The van der Waals surface area contributed by atoms with Gasteiger partial charge in [-0.3, -0.25) is 0 Å². The van der Waals surface area contributed by atoms with Gasteiger partial charge in [-0.25, -0.2) is 0 Å². The second-order valence-electron chi connectivity index (χ2n) is 6.39. The lowest BCUT2D eigenvalue weighted by atomic mass is 9.82. The molecule has 1 aromatic rings. The zero-order chi connectivity index (χ0) is 12.1. The van der Waals surface area contributed by atoms with Crippen LogP contribution < -0.4 is 5.73 Å². The van der Waals surface area contributed by atoms with E-state index in [1.165, 1.54) is 22.3 Å². The monoisotopic (exact) mass is 217 g/mol. The first-order chi connectivity index (χ1) is 7.24. The standard InChI is InChI=1S/C15H23N/c1-10-8-12(14(3,4)5)9-11(2)13(10)15(16)6-7-15/h8-9H,6-7,16H2,1-5H3. The van der Waals surface area contributed by atoms with Gasteiger partial charge in [0.25, 0.3) is 0 Å². The van der Waals surface area contributed by atoms with Gasteiger partial charge >= 0.3 is 0 Å². The maximum atomic E-state index is 6.33. The van der Waals surface area contributed by atoms with E-state index < -0.39 is 0 Å². The van der Waals surface area contributed by atoms with Crippen molar-refractivity contribution in [3.63, 3.8) is 0 Å². The smallest absolute Gasteiger partial charge is 0.0416 e. The summed E-state index contributed by atoms with van der Waals surface area (Å²) < 4.78 is 0. The predicted octanol–water partition coefficient (Wildman–Crippen LogP) is 3.55. The average Bonchev–Trinajstić information content (AvgIpc) is 2.81. The van der Waals surface area contributed by atoms with Crippen LogP contribution in [0.3, 0.4) is 0 Å². The van der Waals surface area contributed by atoms with E-state index in [0.717, 1.165) is 12.8 Å². The molecule has 0 amide bonds. The maximum absolute atomic E-state index is 6.33. The Kier molecular flexibility index (Phi) is 2.43. The summed E-state index contributed by atoms with van der Waals surface area (Å²) >= 11 is 0. The summed E-state index contributed by atoms with van der Waals surface area (Å²) in [4.78, 5) is 0. The number of benzene rings is 1. The summed E-state index contributed by atoms with van der Waals surface area (Å²) in [5, 5.41) is 0. The van der Waals surface area contributed by atoms with Gasteiger partial charge in [0.2, 0.25) is 0 Å². The van der Waals surface area contributed by atoms with Crippen LogP contribution in [0.25, 0.3) is 0 Å². The Morgan fingerprint density at radius 1 is 1.06 bits per heavy atom. The third-order valence-corrected chi connectivity index (χ3v) is 3.69. The van der Waals surface area contributed by atoms with E-state index in [-0.39, 0.29) is 11.0 Å². The van der Waals surface area contributed by atoms with Gasteiger partial charge < -0.3 is 5.73 Å². The highest BCUT2D eigenvalue weighted by Crippen LogP contribution is 2.46. The molecule has 16 heavy (non-hydrogen) atoms. The molecule has 1 aliphatic rings. The number of aryl methyl sites for hydroxylation is 2. The average molecular weight is 217 g/mol. The SMILES string of the molecule is Cc1cc(C(C)(C)C)cc(C)c1C1(N)CC1. The minimum Gasteiger partial charge on any atom is -0.321 e. The lowest BCUT2D eigenvalue weighted by Crippen LogP contribution is -2.22. The molecule has 2 rings (SSSR count). The van der Waals surface area contributed by atoms with E-state index in [2.05, 4.69) is 46.8 Å². The second kappa shape index (κ2) is 3.33. The molecule has 88 valence electrons. The number of hydrogen-bond donors (Lipinski definition) is 1. The molecule has 1 aromatic carbocycles. The molecule has 1 nitrogen and oxygen atoms in total. The zero-order valence-corrected chi connectivity index (χ0v) is 11.1. The van der Waals surface area contributed by atoms with Gasteiger partial charge in [0.05, 0.1) is 0 Å². The maximum Gasteiger partial charge on any atom is 0.0416 e. The van der Waals surface area contributed by atoms with E-state index in [1.807, 2.05) is 0 Å². The van der Waals surface area contributed by atoms with Crippen LogP contribution in [0, 0.1) is 13.8 Å². The lowest BCUT2D eigenvalue weighted by molar-refractivity contribution is 0.587. The molecule has 0 bridgehead atoms. The molecule has 0 heterocycles. The van der Waals surface area contributed by atoms with Crippen molar-refractivity contribution < 1.29 is 0 Å². The molecule has 0 atom stereocenters. The molecule has 1 aliphatic carbocycles. The molecule has 1 fully saturated rings. The fraction of sp³-hybridized carbons (Fsp3) is 0.600. The first-order valence-corrected chi connectivity index (χ1v) is 6.15. The fourth-order valence-electron chi connectivity index (χ4n) is 2.57. The third-order valence-electron chi connectivity index (χ3n) is 3.69. The van der Waals surface area contributed by atoms with Gasteiger partial charge in [0.15, 0.2) is 0 Å². The quantitative estimate of drug-likeness (QED) is 0.765. The summed E-state index contributed by atoms with van der Waals surface area (Å²) in [5.74, 6) is 0. The van der Waals surface area contributed by atoms with Crippen LogP contribution in [0.15, 0.2) is 12.1 Å². The van der Waals surface area contributed by atoms with Crippen LogP contribution in [-0.2, 0) is 11.0 Å². The first kappa shape index (κ1) is 11.7. The van der Waals surface area contributed by atoms with Crippen molar-refractivity contribution in [3.8, 4) is 0 Å². The van der Waals surface area contributed by atoms with E-state index in [1.54, 1.807) is 0 Å². The van der Waals surface area contributed by atoms with Crippen LogP contribution in [0.1, 0.15) is 55.9 Å².